The number of benzene rings is 2. The zero-order valence-corrected chi connectivity index (χ0v) is 20.7. The van der Waals surface area contributed by atoms with Gasteiger partial charge >= 0.3 is 6.18 Å². The number of amides is 1. The Bertz CT molecular complexity index is 1000. The van der Waals surface area contributed by atoms with E-state index in [0.29, 0.717) is 18.7 Å². The number of ether oxygens (including phenoxy) is 1. The zero-order chi connectivity index (χ0) is 25.1. The third-order valence-corrected chi connectivity index (χ3v) is 5.91. The molecule has 0 radical (unpaired) electrons. The van der Waals surface area contributed by atoms with Gasteiger partial charge in [0.25, 0.3) is 0 Å². The Labute approximate surface area is 200 Å². The van der Waals surface area contributed by atoms with Gasteiger partial charge in [-0.25, -0.2) is 0 Å². The number of hydrogen-bond donors (Lipinski definition) is 1. The monoisotopic (exact) mass is 476 g/mol. The third-order valence-electron chi connectivity index (χ3n) is 5.91. The first-order valence-corrected chi connectivity index (χ1v) is 11.8. The molecule has 0 saturated carbocycles. The fourth-order valence-electron chi connectivity index (χ4n) is 4.31. The van der Waals surface area contributed by atoms with Crippen LogP contribution in [0.2, 0.25) is 0 Å². The second-order valence-electron chi connectivity index (χ2n) is 10.4. The highest BCUT2D eigenvalue weighted by Gasteiger charge is 2.27. The molecular formula is C27H35F3N2O2. The summed E-state index contributed by atoms with van der Waals surface area (Å²) in [6.45, 7) is 11.4. The molecule has 7 heteroatoms. The molecule has 1 aliphatic heterocycles. The molecule has 4 nitrogen and oxygen atoms in total. The summed E-state index contributed by atoms with van der Waals surface area (Å²) in [5, 5.41) is 3.08. The minimum absolute atomic E-state index is 0.0170. The van der Waals surface area contributed by atoms with Gasteiger partial charge in [0.2, 0.25) is 5.91 Å². The third kappa shape index (κ3) is 7.40. The van der Waals surface area contributed by atoms with Gasteiger partial charge in [0, 0.05) is 30.9 Å². The van der Waals surface area contributed by atoms with E-state index >= 15 is 0 Å². The first-order valence-electron chi connectivity index (χ1n) is 11.8. The summed E-state index contributed by atoms with van der Waals surface area (Å²) >= 11 is 0. The fraction of sp³-hybridized carbons (Fsp3) is 0.519. The van der Waals surface area contributed by atoms with Crippen molar-refractivity contribution in [3.05, 3.63) is 52.6 Å². The molecular weight excluding hydrogens is 441 g/mol. The molecule has 186 valence electrons. The van der Waals surface area contributed by atoms with E-state index in [0.717, 1.165) is 53.0 Å². The second-order valence-corrected chi connectivity index (χ2v) is 10.4. The number of nitrogens with zero attached hydrogens (tertiary/aromatic N) is 1. The van der Waals surface area contributed by atoms with Gasteiger partial charge in [-0.05, 0) is 78.6 Å². The van der Waals surface area contributed by atoms with Crippen LogP contribution >= 0.6 is 0 Å². The molecule has 34 heavy (non-hydrogen) atoms. The topological polar surface area (TPSA) is 41.6 Å². The molecule has 0 aliphatic carbocycles. The lowest BCUT2D eigenvalue weighted by atomic mass is 9.92. The molecule has 2 aromatic rings. The van der Waals surface area contributed by atoms with Crippen molar-refractivity contribution in [3.63, 3.8) is 0 Å². The van der Waals surface area contributed by atoms with Crippen molar-refractivity contribution in [3.8, 4) is 5.75 Å². The maximum atomic E-state index is 12.5. The molecule has 1 N–H and O–H groups in total. The molecule has 1 amide bonds. The van der Waals surface area contributed by atoms with Crippen molar-refractivity contribution in [2.24, 2.45) is 5.41 Å². The van der Waals surface area contributed by atoms with Crippen LogP contribution in [-0.2, 0) is 17.8 Å². The number of carbonyl (C=O) groups excluding carboxylic acids is 1. The number of rotatable bonds is 6. The van der Waals surface area contributed by atoms with E-state index in [1.54, 1.807) is 6.07 Å². The molecule has 0 fully saturated rings. The smallest absolute Gasteiger partial charge is 0.392 e. The van der Waals surface area contributed by atoms with Crippen molar-refractivity contribution in [2.75, 3.05) is 23.4 Å². The van der Waals surface area contributed by atoms with Crippen LogP contribution < -0.4 is 15.0 Å². The van der Waals surface area contributed by atoms with Crippen LogP contribution in [0, 0.1) is 19.3 Å². The molecule has 3 rings (SSSR count). The van der Waals surface area contributed by atoms with Crippen molar-refractivity contribution in [2.45, 2.75) is 73.0 Å². The first kappa shape index (κ1) is 25.9. The largest absolute Gasteiger partial charge is 0.493 e. The molecule has 0 aromatic heterocycles. The van der Waals surface area contributed by atoms with Gasteiger partial charge in [-0.3, -0.25) is 4.79 Å². The average molecular weight is 477 g/mol. The quantitative estimate of drug-likeness (QED) is 0.490. The lowest BCUT2D eigenvalue weighted by Crippen LogP contribution is -2.23. The van der Waals surface area contributed by atoms with Crippen LogP contribution in [0.3, 0.4) is 0 Å². The summed E-state index contributed by atoms with van der Waals surface area (Å²) in [6.07, 6.45) is -2.93. The van der Waals surface area contributed by atoms with Gasteiger partial charge in [0.05, 0.1) is 13.0 Å². The molecule has 0 spiro atoms. The normalized spacial score (nSPS) is 14.4. The number of alkyl halides is 3. The number of nitrogens with one attached hydrogen (secondary N) is 1. The van der Waals surface area contributed by atoms with Crippen molar-refractivity contribution in [1.82, 2.24) is 0 Å². The van der Waals surface area contributed by atoms with Crippen LogP contribution in [0.4, 0.5) is 24.5 Å². The number of carbonyl (C=O) groups is 1. The molecule has 0 unspecified atom stereocenters. The lowest BCUT2D eigenvalue weighted by Gasteiger charge is -2.26. The predicted octanol–water partition coefficient (Wildman–Crippen LogP) is 6.96. The van der Waals surface area contributed by atoms with Crippen LogP contribution in [0.25, 0.3) is 0 Å². The van der Waals surface area contributed by atoms with E-state index in [9.17, 15) is 18.0 Å². The minimum atomic E-state index is -4.21. The van der Waals surface area contributed by atoms with Gasteiger partial charge in [-0.2, -0.15) is 13.2 Å². The van der Waals surface area contributed by atoms with E-state index in [1.165, 1.54) is 0 Å². The molecule has 2 aromatic carbocycles. The van der Waals surface area contributed by atoms with Gasteiger partial charge in [-0.15, -0.1) is 0 Å². The number of fused-ring (bicyclic) bond motifs is 1. The maximum absolute atomic E-state index is 12.5. The number of aryl methyl sites for hydroxylation is 3. The predicted molar refractivity (Wildman–Crippen MR) is 131 cm³/mol. The summed E-state index contributed by atoms with van der Waals surface area (Å²) in [4.78, 5) is 14.8. The highest BCUT2D eigenvalue weighted by Crippen LogP contribution is 2.32. The summed E-state index contributed by atoms with van der Waals surface area (Å²) in [7, 11) is 0. The van der Waals surface area contributed by atoms with E-state index in [4.69, 9.17) is 4.74 Å². The Morgan fingerprint density at radius 1 is 1.06 bits per heavy atom. The minimum Gasteiger partial charge on any atom is -0.493 e. The van der Waals surface area contributed by atoms with Gasteiger partial charge in [0.15, 0.2) is 0 Å². The van der Waals surface area contributed by atoms with Crippen LogP contribution in [0.15, 0.2) is 30.3 Å². The van der Waals surface area contributed by atoms with Gasteiger partial charge in [-0.1, -0.05) is 26.8 Å². The van der Waals surface area contributed by atoms with Crippen molar-refractivity contribution in [1.29, 1.82) is 0 Å². The standard InChI is InChI=1S/C27H35F3N2O2/c1-18-13-22(14-19(2)25(18)31-24(33)16-26(3,4)5)32-11-6-7-20-15-23(9-8-21(20)17-32)34-12-10-27(28,29)30/h8-9,13-15H,6-7,10-12,16-17H2,1-5H3,(H,31,33). The molecule has 1 heterocycles. The summed E-state index contributed by atoms with van der Waals surface area (Å²) in [5.74, 6) is 0.502. The lowest BCUT2D eigenvalue weighted by molar-refractivity contribution is -0.139. The highest BCUT2D eigenvalue weighted by atomic mass is 19.4. The molecule has 0 bridgehead atoms. The Kier molecular flexibility index (Phi) is 7.84. The van der Waals surface area contributed by atoms with Crippen LogP contribution in [0.1, 0.15) is 62.3 Å². The zero-order valence-electron chi connectivity index (χ0n) is 20.7. The average Bonchev–Trinajstić information content (AvgIpc) is 2.90. The summed E-state index contributed by atoms with van der Waals surface area (Å²) in [6, 6.07) is 9.80. The highest BCUT2D eigenvalue weighted by molar-refractivity contribution is 5.93. The van der Waals surface area contributed by atoms with Crippen molar-refractivity contribution < 1.29 is 22.7 Å². The Morgan fingerprint density at radius 3 is 2.35 bits per heavy atom. The Morgan fingerprint density at radius 2 is 1.74 bits per heavy atom. The fourth-order valence-corrected chi connectivity index (χ4v) is 4.31. The van der Waals surface area contributed by atoms with Crippen molar-refractivity contribution >= 4 is 17.3 Å². The summed E-state index contributed by atoms with van der Waals surface area (Å²) in [5.41, 5.74) is 6.21. The summed E-state index contributed by atoms with van der Waals surface area (Å²) < 4.78 is 42.5. The number of halogens is 3. The van der Waals surface area contributed by atoms with Crippen LogP contribution in [0.5, 0.6) is 5.75 Å². The molecule has 0 atom stereocenters. The maximum Gasteiger partial charge on any atom is 0.392 e. The Balaban J connectivity index is 1.72. The van der Waals surface area contributed by atoms with E-state index in [2.05, 4.69) is 22.3 Å². The van der Waals surface area contributed by atoms with Gasteiger partial charge in [0.1, 0.15) is 5.75 Å². The first-order chi connectivity index (χ1) is 15.8. The van der Waals surface area contributed by atoms with Crippen LogP contribution in [-0.4, -0.2) is 25.2 Å². The Hall–Kier alpha value is -2.70. The van der Waals surface area contributed by atoms with Gasteiger partial charge < -0.3 is 15.0 Å². The van der Waals surface area contributed by atoms with E-state index in [1.807, 2.05) is 46.8 Å². The molecule has 1 aliphatic rings. The number of anilines is 2. The second kappa shape index (κ2) is 10.3. The molecule has 0 saturated heterocycles. The SMILES string of the molecule is Cc1cc(N2CCCc3cc(OCCC(F)(F)F)ccc3C2)cc(C)c1NC(=O)CC(C)(C)C. The van der Waals surface area contributed by atoms with E-state index < -0.39 is 12.6 Å². The number of hydrogen-bond acceptors (Lipinski definition) is 3. The van der Waals surface area contributed by atoms with E-state index in [-0.39, 0.29) is 17.9 Å².